The first-order chi connectivity index (χ1) is 13.0. The first-order valence-electron chi connectivity index (χ1n) is 9.00. The highest BCUT2D eigenvalue weighted by Crippen LogP contribution is 2.24. The maximum Gasteiger partial charge on any atom is 0.320 e. The van der Waals surface area contributed by atoms with Gasteiger partial charge < -0.3 is 14.3 Å². The summed E-state index contributed by atoms with van der Waals surface area (Å²) in [6.45, 7) is 5.86. The minimum Gasteiger partial charge on any atom is -0.337 e. The predicted octanol–water partition coefficient (Wildman–Crippen LogP) is 2.68. The molecule has 3 heterocycles. The van der Waals surface area contributed by atoms with Crippen LogP contribution in [0.5, 0.6) is 0 Å². The number of urea groups is 1. The third-order valence-electron chi connectivity index (χ3n) is 5.10. The van der Waals surface area contributed by atoms with Crippen LogP contribution in [0.3, 0.4) is 0 Å². The molecule has 0 aliphatic carbocycles. The highest BCUT2D eigenvalue weighted by atomic mass is 35.5. The molecule has 1 aromatic carbocycles. The maximum absolute atomic E-state index is 13.3. The lowest BCUT2D eigenvalue weighted by molar-refractivity contribution is 0.170. The van der Waals surface area contributed by atoms with E-state index in [2.05, 4.69) is 15.0 Å². The summed E-state index contributed by atoms with van der Waals surface area (Å²) in [6.07, 6.45) is 0.925. The first kappa shape index (κ1) is 18.2. The van der Waals surface area contributed by atoms with Gasteiger partial charge in [-0.15, -0.1) is 0 Å². The molecule has 1 aromatic heterocycles. The van der Waals surface area contributed by atoms with E-state index in [0.717, 1.165) is 25.1 Å². The van der Waals surface area contributed by atoms with Gasteiger partial charge in [0.15, 0.2) is 5.82 Å². The molecule has 0 N–H and O–H groups in total. The molecule has 4 rings (SSSR count). The molecule has 0 radical (unpaired) electrons. The van der Waals surface area contributed by atoms with Gasteiger partial charge in [0.05, 0.1) is 5.02 Å². The van der Waals surface area contributed by atoms with Crippen LogP contribution in [0.1, 0.15) is 23.7 Å². The van der Waals surface area contributed by atoms with Gasteiger partial charge in [0.1, 0.15) is 12.4 Å². The summed E-state index contributed by atoms with van der Waals surface area (Å²) < 4.78 is 18.4. The van der Waals surface area contributed by atoms with E-state index < -0.39 is 5.82 Å². The third kappa shape index (κ3) is 3.91. The molecule has 2 fully saturated rings. The van der Waals surface area contributed by atoms with Crippen LogP contribution in [-0.2, 0) is 13.1 Å². The van der Waals surface area contributed by atoms with Gasteiger partial charge in [0, 0.05) is 38.8 Å². The lowest BCUT2D eigenvalue weighted by Gasteiger charge is -2.24. The van der Waals surface area contributed by atoms with Crippen LogP contribution in [0.2, 0.25) is 5.02 Å². The number of aryl methyl sites for hydroxylation is 1. The molecule has 144 valence electrons. The minimum atomic E-state index is -0.404. The van der Waals surface area contributed by atoms with Gasteiger partial charge in [0.2, 0.25) is 5.89 Å². The van der Waals surface area contributed by atoms with E-state index >= 15 is 0 Å². The molecule has 2 aromatic rings. The van der Waals surface area contributed by atoms with Crippen LogP contribution >= 0.6 is 11.6 Å². The fourth-order valence-corrected chi connectivity index (χ4v) is 3.96. The van der Waals surface area contributed by atoms with Crippen molar-refractivity contribution in [2.75, 3.05) is 26.2 Å². The maximum atomic E-state index is 13.3. The fraction of sp³-hybridized carbons (Fsp3) is 0.500. The van der Waals surface area contributed by atoms with Crippen LogP contribution in [0.4, 0.5) is 9.18 Å². The summed E-state index contributed by atoms with van der Waals surface area (Å²) in [5, 5.41) is 3.91. The number of rotatable bonds is 5. The second-order valence-corrected chi connectivity index (χ2v) is 7.47. The highest BCUT2D eigenvalue weighted by Gasteiger charge is 2.37. The average molecular weight is 394 g/mol. The van der Waals surface area contributed by atoms with E-state index in [1.807, 2.05) is 4.90 Å². The number of hydrogen-bond donors (Lipinski definition) is 0. The molecule has 7 nitrogen and oxygen atoms in total. The Bertz CT molecular complexity index is 845. The van der Waals surface area contributed by atoms with Gasteiger partial charge in [-0.2, -0.15) is 4.98 Å². The number of amides is 2. The molecule has 2 aliphatic heterocycles. The van der Waals surface area contributed by atoms with Crippen LogP contribution in [0, 0.1) is 12.7 Å². The number of hydrogen-bond acceptors (Lipinski definition) is 5. The van der Waals surface area contributed by atoms with Gasteiger partial charge >= 0.3 is 6.03 Å². The molecular formula is C18H21ClFN5O2. The standard InChI is InChI=1S/C18H21ClFN5O2/c1-12-21-17(27-22-12)11-24-6-7-25(18(24)26)14-4-5-23(10-14)9-13-2-3-16(20)15(19)8-13/h2-3,8,14H,4-7,9-11H2,1H3. The highest BCUT2D eigenvalue weighted by molar-refractivity contribution is 6.30. The van der Waals surface area contributed by atoms with Gasteiger partial charge in [-0.3, -0.25) is 4.90 Å². The van der Waals surface area contributed by atoms with Crippen LogP contribution < -0.4 is 0 Å². The summed E-state index contributed by atoms with van der Waals surface area (Å²) in [5.74, 6) is 0.628. The Kier molecular flexibility index (Phi) is 5.01. The van der Waals surface area contributed by atoms with Gasteiger partial charge in [-0.1, -0.05) is 22.8 Å². The Morgan fingerprint density at radius 2 is 2.15 bits per heavy atom. The number of nitrogens with zero attached hydrogens (tertiary/aromatic N) is 5. The van der Waals surface area contributed by atoms with E-state index in [1.165, 1.54) is 6.07 Å². The van der Waals surface area contributed by atoms with Gasteiger partial charge in [0.25, 0.3) is 0 Å². The van der Waals surface area contributed by atoms with Crippen LogP contribution in [-0.4, -0.2) is 63.1 Å². The zero-order valence-corrected chi connectivity index (χ0v) is 15.8. The second kappa shape index (κ2) is 7.44. The van der Waals surface area contributed by atoms with Crippen molar-refractivity contribution in [3.63, 3.8) is 0 Å². The van der Waals surface area contributed by atoms with Crippen molar-refractivity contribution in [2.24, 2.45) is 0 Å². The summed E-state index contributed by atoms with van der Waals surface area (Å²) in [7, 11) is 0. The molecule has 0 spiro atoms. The molecule has 2 amide bonds. The number of aromatic nitrogens is 2. The predicted molar refractivity (Wildman–Crippen MR) is 96.6 cm³/mol. The Balaban J connectivity index is 1.33. The zero-order chi connectivity index (χ0) is 19.0. The summed E-state index contributed by atoms with van der Waals surface area (Å²) >= 11 is 5.87. The van der Waals surface area contributed by atoms with Crippen molar-refractivity contribution in [3.05, 3.63) is 46.3 Å². The number of likely N-dealkylation sites (tertiary alicyclic amines) is 1. The van der Waals surface area contributed by atoms with E-state index in [0.29, 0.717) is 37.9 Å². The molecule has 0 saturated carbocycles. The number of halogens is 2. The first-order valence-corrected chi connectivity index (χ1v) is 9.38. The van der Waals surface area contributed by atoms with Crippen molar-refractivity contribution in [1.29, 1.82) is 0 Å². The topological polar surface area (TPSA) is 65.7 Å². The normalized spacial score (nSPS) is 20.9. The number of carbonyl (C=O) groups excluding carboxylic acids is 1. The lowest BCUT2D eigenvalue weighted by atomic mass is 10.2. The Hall–Kier alpha value is -2.19. The minimum absolute atomic E-state index is 0.0162. The average Bonchev–Trinajstić information content (AvgIpc) is 3.34. The molecular weight excluding hydrogens is 373 g/mol. The Labute approximate surface area is 161 Å². The summed E-state index contributed by atoms with van der Waals surface area (Å²) in [5.41, 5.74) is 0.975. The van der Waals surface area contributed by atoms with Gasteiger partial charge in [-0.25, -0.2) is 9.18 Å². The molecule has 2 aliphatic rings. The third-order valence-corrected chi connectivity index (χ3v) is 5.39. The fourth-order valence-electron chi connectivity index (χ4n) is 3.76. The molecule has 27 heavy (non-hydrogen) atoms. The van der Waals surface area contributed by atoms with Crippen molar-refractivity contribution in [3.8, 4) is 0 Å². The molecule has 2 saturated heterocycles. The lowest BCUT2D eigenvalue weighted by Crippen LogP contribution is -2.40. The van der Waals surface area contributed by atoms with Crippen LogP contribution in [0.15, 0.2) is 22.7 Å². The number of carbonyl (C=O) groups is 1. The molecule has 0 bridgehead atoms. The second-order valence-electron chi connectivity index (χ2n) is 7.06. The monoisotopic (exact) mass is 393 g/mol. The van der Waals surface area contributed by atoms with E-state index in [-0.39, 0.29) is 17.1 Å². The Morgan fingerprint density at radius 1 is 1.30 bits per heavy atom. The molecule has 9 heteroatoms. The van der Waals surface area contributed by atoms with Gasteiger partial charge in [-0.05, 0) is 31.0 Å². The smallest absolute Gasteiger partial charge is 0.320 e. The van der Waals surface area contributed by atoms with E-state index in [1.54, 1.807) is 24.0 Å². The summed E-state index contributed by atoms with van der Waals surface area (Å²) in [4.78, 5) is 22.8. The largest absolute Gasteiger partial charge is 0.337 e. The molecule has 1 atom stereocenters. The van der Waals surface area contributed by atoms with Crippen molar-refractivity contribution in [2.45, 2.75) is 32.5 Å². The van der Waals surface area contributed by atoms with Crippen molar-refractivity contribution >= 4 is 17.6 Å². The zero-order valence-electron chi connectivity index (χ0n) is 15.1. The SMILES string of the molecule is Cc1noc(CN2CCN(C3CCN(Cc4ccc(F)c(Cl)c4)C3)C2=O)n1. The van der Waals surface area contributed by atoms with E-state index in [9.17, 15) is 9.18 Å². The summed E-state index contributed by atoms with van der Waals surface area (Å²) in [6, 6.07) is 5.01. The van der Waals surface area contributed by atoms with Crippen molar-refractivity contribution < 1.29 is 13.7 Å². The van der Waals surface area contributed by atoms with Crippen LogP contribution in [0.25, 0.3) is 0 Å². The quantitative estimate of drug-likeness (QED) is 0.781. The number of benzene rings is 1. The Morgan fingerprint density at radius 3 is 2.89 bits per heavy atom. The molecule has 1 unspecified atom stereocenters. The van der Waals surface area contributed by atoms with Crippen molar-refractivity contribution in [1.82, 2.24) is 24.8 Å². The van der Waals surface area contributed by atoms with E-state index in [4.69, 9.17) is 16.1 Å².